The Morgan fingerprint density at radius 1 is 0.667 bits per heavy atom. The minimum Gasteiger partial charge on any atom is -0.512 e. The smallest absolute Gasteiger partial charge is 0.512 e. The van der Waals surface area contributed by atoms with Gasteiger partial charge in [-0.3, -0.25) is 0 Å². The van der Waals surface area contributed by atoms with E-state index in [9.17, 15) is 0 Å². The van der Waals surface area contributed by atoms with Crippen LogP contribution in [0.2, 0.25) is 0 Å². The summed E-state index contributed by atoms with van der Waals surface area (Å²) in [5.41, 5.74) is 0. The fourth-order valence-corrected chi connectivity index (χ4v) is 0. The van der Waals surface area contributed by atoms with Crippen LogP contribution in [0, 0.1) is 23.7 Å². The van der Waals surface area contributed by atoms with Crippen molar-refractivity contribution >= 4 is 0 Å². The van der Waals surface area contributed by atoms with E-state index in [4.69, 9.17) is 23.7 Å². The van der Waals surface area contributed by atoms with E-state index in [2.05, 4.69) is 0 Å². The first-order chi connectivity index (χ1) is 2.00. The van der Waals surface area contributed by atoms with Gasteiger partial charge in [0.2, 0.25) is 0 Å². The van der Waals surface area contributed by atoms with E-state index in [1.807, 2.05) is 0 Å². The molecule has 20 valence electrons. The second kappa shape index (κ2) is 154. The molecule has 0 rings (SSSR count). The van der Waals surface area contributed by atoms with Crippen LogP contribution >= 0.6 is 0 Å². The molecular weight excluding hydrogens is 98.0 g/mol. The van der Waals surface area contributed by atoms with Crippen LogP contribution < -0.4 is 59.1 Å². The van der Waals surface area contributed by atoms with E-state index in [0.717, 1.165) is 0 Å². The summed E-state index contributed by atoms with van der Waals surface area (Å²) in [6.45, 7) is 9.50. The molecular formula is C2N2Na2. The van der Waals surface area contributed by atoms with Crippen molar-refractivity contribution in [3.8, 4) is 0 Å². The van der Waals surface area contributed by atoms with E-state index in [0.29, 0.717) is 0 Å². The van der Waals surface area contributed by atoms with Crippen LogP contribution in [0.25, 0.3) is 0 Å². The van der Waals surface area contributed by atoms with Crippen LogP contribution in [0.5, 0.6) is 0 Å². The molecule has 0 saturated carbocycles. The fraction of sp³-hybridized carbons (Fsp3) is 0. The third-order valence-electron chi connectivity index (χ3n) is 0. The normalized spacial score (nSPS) is 0.667. The van der Waals surface area contributed by atoms with E-state index in [1.165, 1.54) is 0 Å². The average molecular weight is 98.0 g/mol. The molecule has 0 spiro atoms. The molecule has 0 atom stereocenters. The summed E-state index contributed by atoms with van der Waals surface area (Å²) in [5, 5.41) is 12.5. The van der Waals surface area contributed by atoms with Crippen molar-refractivity contribution in [3.05, 3.63) is 13.1 Å². The summed E-state index contributed by atoms with van der Waals surface area (Å²) in [4.78, 5) is 0. The number of hydrogen-bond acceptors (Lipinski definition) is 2. The number of rotatable bonds is 0. The molecule has 0 aliphatic rings. The van der Waals surface area contributed by atoms with Crippen LogP contribution in [0.3, 0.4) is 0 Å². The van der Waals surface area contributed by atoms with Gasteiger partial charge in [0, 0.05) is 0 Å². The predicted octanol–water partition coefficient (Wildman–Crippen LogP) is -5.80. The summed E-state index contributed by atoms with van der Waals surface area (Å²) in [6.07, 6.45) is 0. The van der Waals surface area contributed by atoms with Gasteiger partial charge in [-0.05, 0) is 0 Å². The van der Waals surface area contributed by atoms with E-state index < -0.39 is 0 Å². The molecule has 0 aliphatic heterocycles. The standard InChI is InChI=1S/2CN.2Na/c2*1-2;;/q2*-1;2*+1. The molecule has 0 unspecified atom stereocenters. The van der Waals surface area contributed by atoms with Crippen LogP contribution in [0.1, 0.15) is 0 Å². The van der Waals surface area contributed by atoms with Gasteiger partial charge in [0.15, 0.2) is 0 Å². The molecule has 0 fully saturated rings. The van der Waals surface area contributed by atoms with Gasteiger partial charge in [-0.15, -0.1) is 0 Å². The van der Waals surface area contributed by atoms with Gasteiger partial charge < -0.3 is 23.7 Å². The molecule has 0 amide bonds. The molecule has 6 heavy (non-hydrogen) atoms. The molecule has 2 nitrogen and oxygen atoms in total. The molecule has 0 N–H and O–H groups in total. The molecule has 0 aromatic heterocycles. The zero-order chi connectivity index (χ0) is 4.00. The summed E-state index contributed by atoms with van der Waals surface area (Å²) < 4.78 is 0. The summed E-state index contributed by atoms with van der Waals surface area (Å²) in [5.74, 6) is 0. The zero-order valence-electron chi connectivity index (χ0n) is 3.89. The first-order valence-electron chi connectivity index (χ1n) is 0.447. The molecule has 0 saturated heterocycles. The monoisotopic (exact) mass is 98.0 g/mol. The largest absolute Gasteiger partial charge is 1.00 e. The Kier molecular flexibility index (Phi) is 723. The second-order valence-electron chi connectivity index (χ2n) is 0. The van der Waals surface area contributed by atoms with Crippen molar-refractivity contribution in [3.63, 3.8) is 0 Å². The van der Waals surface area contributed by atoms with Gasteiger partial charge in [0.25, 0.3) is 0 Å². The zero-order valence-corrected chi connectivity index (χ0v) is 7.89. The number of hydrogen-bond donors (Lipinski definition) is 0. The van der Waals surface area contributed by atoms with Crippen LogP contribution in [-0.2, 0) is 0 Å². The Labute approximate surface area is 81.7 Å². The van der Waals surface area contributed by atoms with Gasteiger partial charge in [0.05, 0.1) is 0 Å². The van der Waals surface area contributed by atoms with E-state index in [1.54, 1.807) is 0 Å². The Morgan fingerprint density at radius 3 is 0.667 bits per heavy atom. The summed E-state index contributed by atoms with van der Waals surface area (Å²) in [7, 11) is 0. The molecule has 0 aromatic carbocycles. The Hall–Kier alpha value is 0.980. The van der Waals surface area contributed by atoms with E-state index >= 15 is 0 Å². The van der Waals surface area contributed by atoms with Crippen molar-refractivity contribution in [1.29, 1.82) is 10.5 Å². The SMILES string of the molecule is [C-]#N.[C-]#N.[Na+].[Na+]. The quantitative estimate of drug-likeness (QED) is 0.224. The van der Waals surface area contributed by atoms with Gasteiger partial charge >= 0.3 is 59.1 Å². The molecule has 0 bridgehead atoms. The third kappa shape index (κ3) is 82.1. The second-order valence-corrected chi connectivity index (χ2v) is 0. The number of nitrogens with zero attached hydrogens (tertiary/aromatic N) is 2. The molecule has 0 aromatic rings. The molecule has 0 aliphatic carbocycles. The fourth-order valence-electron chi connectivity index (χ4n) is 0. The van der Waals surface area contributed by atoms with Crippen molar-refractivity contribution in [2.24, 2.45) is 0 Å². The molecule has 4 heteroatoms. The van der Waals surface area contributed by atoms with Crippen LogP contribution in [0.4, 0.5) is 0 Å². The van der Waals surface area contributed by atoms with Crippen molar-refractivity contribution in [2.45, 2.75) is 0 Å². The van der Waals surface area contributed by atoms with Crippen molar-refractivity contribution in [2.75, 3.05) is 0 Å². The predicted molar refractivity (Wildman–Crippen MR) is 9.94 cm³/mol. The van der Waals surface area contributed by atoms with Crippen LogP contribution in [-0.4, -0.2) is 0 Å². The van der Waals surface area contributed by atoms with Crippen LogP contribution in [0.15, 0.2) is 0 Å². The third-order valence-corrected chi connectivity index (χ3v) is 0. The van der Waals surface area contributed by atoms with Crippen molar-refractivity contribution < 1.29 is 59.1 Å². The Balaban J connectivity index is -0.00000000500. The van der Waals surface area contributed by atoms with Gasteiger partial charge in [-0.25, -0.2) is 0 Å². The topological polar surface area (TPSA) is 47.6 Å². The minimum atomic E-state index is 0. The first-order valence-corrected chi connectivity index (χ1v) is 0.447. The summed E-state index contributed by atoms with van der Waals surface area (Å²) >= 11 is 0. The minimum absolute atomic E-state index is 0. The Morgan fingerprint density at radius 2 is 0.667 bits per heavy atom. The average Bonchev–Trinajstić information content (AvgIpc) is 1.50. The molecule has 0 radical (unpaired) electrons. The molecule has 0 heterocycles. The van der Waals surface area contributed by atoms with Gasteiger partial charge in [-0.2, -0.15) is 0 Å². The van der Waals surface area contributed by atoms with E-state index in [-0.39, 0.29) is 59.1 Å². The maximum atomic E-state index is 6.25. The Bertz CT molecular complexity index is 25.0. The maximum absolute atomic E-state index is 6.25. The summed E-state index contributed by atoms with van der Waals surface area (Å²) in [6, 6.07) is 0. The maximum Gasteiger partial charge on any atom is 1.00 e. The first kappa shape index (κ1) is 28.1. The van der Waals surface area contributed by atoms with Gasteiger partial charge in [0.1, 0.15) is 0 Å². The van der Waals surface area contributed by atoms with Gasteiger partial charge in [-0.1, -0.05) is 0 Å². The van der Waals surface area contributed by atoms with Crippen molar-refractivity contribution in [1.82, 2.24) is 0 Å².